The van der Waals surface area contributed by atoms with Crippen molar-refractivity contribution < 1.29 is 0 Å². The third kappa shape index (κ3) is 2.40. The zero-order valence-electron chi connectivity index (χ0n) is 12.7. The van der Waals surface area contributed by atoms with E-state index in [4.69, 9.17) is 0 Å². The van der Waals surface area contributed by atoms with E-state index in [0.29, 0.717) is 12.1 Å². The second-order valence-corrected chi connectivity index (χ2v) is 6.56. The Morgan fingerprint density at radius 1 is 0.952 bits per heavy atom. The van der Waals surface area contributed by atoms with Crippen LogP contribution in [-0.2, 0) is 19.3 Å². The average molecular weight is 277 g/mol. The zero-order chi connectivity index (χ0) is 14.2. The van der Waals surface area contributed by atoms with Crippen molar-refractivity contribution in [1.82, 2.24) is 5.32 Å². The molecule has 0 aromatic heterocycles. The molecule has 0 fully saturated rings. The Morgan fingerprint density at radius 3 is 2.76 bits per heavy atom. The molecule has 2 aromatic carbocycles. The fourth-order valence-corrected chi connectivity index (χ4v) is 3.99. The van der Waals surface area contributed by atoms with Gasteiger partial charge < -0.3 is 5.32 Å². The van der Waals surface area contributed by atoms with Gasteiger partial charge >= 0.3 is 0 Å². The summed E-state index contributed by atoms with van der Waals surface area (Å²) in [5, 5.41) is 3.84. The Balaban J connectivity index is 1.53. The molecule has 0 saturated heterocycles. The van der Waals surface area contributed by atoms with Gasteiger partial charge in [0.25, 0.3) is 0 Å². The Morgan fingerprint density at radius 2 is 1.81 bits per heavy atom. The molecule has 4 rings (SSSR count). The van der Waals surface area contributed by atoms with Crippen molar-refractivity contribution in [1.29, 1.82) is 0 Å². The lowest BCUT2D eigenvalue weighted by Crippen LogP contribution is -2.23. The summed E-state index contributed by atoms with van der Waals surface area (Å²) >= 11 is 0. The highest BCUT2D eigenvalue weighted by Crippen LogP contribution is 2.33. The third-order valence-electron chi connectivity index (χ3n) is 5.21. The van der Waals surface area contributed by atoms with Crippen molar-refractivity contribution in [3.8, 4) is 0 Å². The van der Waals surface area contributed by atoms with E-state index in [1.807, 2.05) is 0 Å². The predicted molar refractivity (Wildman–Crippen MR) is 87.5 cm³/mol. The number of hydrogen-bond acceptors (Lipinski definition) is 1. The number of benzene rings is 2. The smallest absolute Gasteiger partial charge is 0.0331 e. The SMILES string of the molecule is CC(NC1CCc2ccccc21)c1ccc2c(c1)CCC2. The lowest BCUT2D eigenvalue weighted by Gasteiger charge is -2.21. The lowest BCUT2D eigenvalue weighted by molar-refractivity contribution is 0.465. The minimum Gasteiger partial charge on any atom is -0.303 e. The van der Waals surface area contributed by atoms with Gasteiger partial charge in [0.05, 0.1) is 0 Å². The van der Waals surface area contributed by atoms with E-state index in [2.05, 4.69) is 54.7 Å². The maximum atomic E-state index is 3.84. The lowest BCUT2D eigenvalue weighted by atomic mass is 10.0. The van der Waals surface area contributed by atoms with E-state index in [9.17, 15) is 0 Å². The Kier molecular flexibility index (Phi) is 3.31. The Labute approximate surface area is 127 Å². The van der Waals surface area contributed by atoms with Crippen LogP contribution in [0.4, 0.5) is 0 Å². The molecule has 108 valence electrons. The van der Waals surface area contributed by atoms with Crippen LogP contribution in [0, 0.1) is 0 Å². The van der Waals surface area contributed by atoms with Crippen LogP contribution in [0.3, 0.4) is 0 Å². The summed E-state index contributed by atoms with van der Waals surface area (Å²) < 4.78 is 0. The van der Waals surface area contributed by atoms with Crippen LogP contribution in [0.25, 0.3) is 0 Å². The first kappa shape index (κ1) is 13.1. The number of rotatable bonds is 3. The Bertz CT molecular complexity index is 659. The van der Waals surface area contributed by atoms with E-state index in [1.165, 1.54) is 48.8 Å². The first-order valence-electron chi connectivity index (χ1n) is 8.27. The molecule has 2 atom stereocenters. The molecule has 0 saturated carbocycles. The minimum absolute atomic E-state index is 0.423. The van der Waals surface area contributed by atoms with Gasteiger partial charge in [-0.15, -0.1) is 0 Å². The molecule has 0 bridgehead atoms. The second kappa shape index (κ2) is 5.31. The molecule has 0 aliphatic heterocycles. The molecule has 1 nitrogen and oxygen atoms in total. The van der Waals surface area contributed by atoms with Crippen molar-refractivity contribution in [2.24, 2.45) is 0 Å². The van der Waals surface area contributed by atoms with Gasteiger partial charge in [-0.3, -0.25) is 0 Å². The highest BCUT2D eigenvalue weighted by molar-refractivity contribution is 5.38. The summed E-state index contributed by atoms with van der Waals surface area (Å²) in [5.41, 5.74) is 7.62. The van der Waals surface area contributed by atoms with Crippen molar-refractivity contribution in [3.05, 3.63) is 70.3 Å². The molecular weight excluding hydrogens is 254 g/mol. The minimum atomic E-state index is 0.423. The summed E-state index contributed by atoms with van der Waals surface area (Å²) in [4.78, 5) is 0. The summed E-state index contributed by atoms with van der Waals surface area (Å²) in [6, 6.07) is 16.9. The first-order valence-corrected chi connectivity index (χ1v) is 8.27. The highest BCUT2D eigenvalue weighted by Gasteiger charge is 2.23. The second-order valence-electron chi connectivity index (χ2n) is 6.56. The van der Waals surface area contributed by atoms with Crippen LogP contribution >= 0.6 is 0 Å². The van der Waals surface area contributed by atoms with E-state index in [1.54, 1.807) is 11.1 Å². The molecular formula is C20H23N. The van der Waals surface area contributed by atoms with Crippen LogP contribution < -0.4 is 5.32 Å². The normalized spacial score (nSPS) is 21.1. The summed E-state index contributed by atoms with van der Waals surface area (Å²) in [6.07, 6.45) is 6.31. The van der Waals surface area contributed by atoms with E-state index >= 15 is 0 Å². The summed E-state index contributed by atoms with van der Waals surface area (Å²) in [5.74, 6) is 0. The molecule has 2 unspecified atom stereocenters. The highest BCUT2D eigenvalue weighted by atomic mass is 14.9. The standard InChI is InChI=1S/C20H23N/c1-14(17-10-9-15-6-4-7-18(15)13-17)21-20-12-11-16-5-2-3-8-19(16)20/h2-3,5,8-10,13-14,20-21H,4,6-7,11-12H2,1H3. The molecule has 0 heterocycles. The largest absolute Gasteiger partial charge is 0.303 e. The van der Waals surface area contributed by atoms with Crippen LogP contribution in [0.1, 0.15) is 59.7 Å². The van der Waals surface area contributed by atoms with E-state index < -0.39 is 0 Å². The van der Waals surface area contributed by atoms with Crippen LogP contribution in [-0.4, -0.2) is 0 Å². The van der Waals surface area contributed by atoms with Crippen molar-refractivity contribution in [2.45, 2.75) is 51.1 Å². The van der Waals surface area contributed by atoms with Gasteiger partial charge in [0, 0.05) is 12.1 Å². The van der Waals surface area contributed by atoms with Crippen LogP contribution in [0.2, 0.25) is 0 Å². The maximum Gasteiger partial charge on any atom is 0.0331 e. The fourth-order valence-electron chi connectivity index (χ4n) is 3.99. The topological polar surface area (TPSA) is 12.0 Å². The third-order valence-corrected chi connectivity index (χ3v) is 5.21. The quantitative estimate of drug-likeness (QED) is 0.870. The van der Waals surface area contributed by atoms with E-state index in [0.717, 1.165) is 0 Å². The molecule has 2 aliphatic carbocycles. The van der Waals surface area contributed by atoms with Crippen LogP contribution in [0.15, 0.2) is 42.5 Å². The van der Waals surface area contributed by atoms with Gasteiger partial charge in [-0.2, -0.15) is 0 Å². The van der Waals surface area contributed by atoms with Gasteiger partial charge in [-0.05, 0) is 66.8 Å². The molecule has 1 heteroatoms. The monoisotopic (exact) mass is 277 g/mol. The molecule has 2 aliphatic rings. The van der Waals surface area contributed by atoms with Gasteiger partial charge in [0.2, 0.25) is 0 Å². The predicted octanol–water partition coefficient (Wildman–Crippen LogP) is 4.51. The first-order chi connectivity index (χ1) is 10.3. The van der Waals surface area contributed by atoms with Gasteiger partial charge in [-0.1, -0.05) is 42.5 Å². The van der Waals surface area contributed by atoms with Crippen molar-refractivity contribution >= 4 is 0 Å². The average Bonchev–Trinajstić information content (AvgIpc) is 3.13. The zero-order valence-corrected chi connectivity index (χ0v) is 12.7. The van der Waals surface area contributed by atoms with Gasteiger partial charge in [-0.25, -0.2) is 0 Å². The molecule has 1 N–H and O–H groups in total. The van der Waals surface area contributed by atoms with Gasteiger partial charge in [0.1, 0.15) is 0 Å². The molecule has 2 aromatic rings. The van der Waals surface area contributed by atoms with E-state index in [-0.39, 0.29) is 0 Å². The number of nitrogens with one attached hydrogen (secondary N) is 1. The number of hydrogen-bond donors (Lipinski definition) is 1. The van der Waals surface area contributed by atoms with Gasteiger partial charge in [0.15, 0.2) is 0 Å². The Hall–Kier alpha value is -1.60. The van der Waals surface area contributed by atoms with Crippen molar-refractivity contribution in [3.63, 3.8) is 0 Å². The number of fused-ring (bicyclic) bond motifs is 2. The maximum absolute atomic E-state index is 3.84. The fraction of sp³-hybridized carbons (Fsp3) is 0.400. The molecule has 21 heavy (non-hydrogen) atoms. The molecule has 0 spiro atoms. The summed E-state index contributed by atoms with van der Waals surface area (Å²) in [7, 11) is 0. The summed E-state index contributed by atoms with van der Waals surface area (Å²) in [6.45, 7) is 2.30. The van der Waals surface area contributed by atoms with Crippen molar-refractivity contribution in [2.75, 3.05) is 0 Å². The molecule has 0 amide bonds. The van der Waals surface area contributed by atoms with Crippen LogP contribution in [0.5, 0.6) is 0 Å². The molecule has 0 radical (unpaired) electrons. The number of aryl methyl sites for hydroxylation is 3.